The number of rotatable bonds is 5. The second-order valence-corrected chi connectivity index (χ2v) is 5.77. The maximum atomic E-state index is 3.46. The van der Waals surface area contributed by atoms with Crippen LogP contribution in [0, 0.1) is 0 Å². The third kappa shape index (κ3) is 4.39. The first-order valence-corrected chi connectivity index (χ1v) is 7.90. The van der Waals surface area contributed by atoms with Crippen LogP contribution in [0.3, 0.4) is 0 Å². The quantitative estimate of drug-likeness (QED) is 0.854. The van der Waals surface area contributed by atoms with Crippen molar-refractivity contribution in [1.29, 1.82) is 0 Å². The van der Waals surface area contributed by atoms with Crippen molar-refractivity contribution in [3.8, 4) is 0 Å². The summed E-state index contributed by atoms with van der Waals surface area (Å²) >= 11 is 0. The molecule has 5 heteroatoms. The molecule has 2 aromatic rings. The van der Waals surface area contributed by atoms with E-state index in [9.17, 15) is 0 Å². The molecule has 0 aliphatic carbocycles. The molecule has 1 saturated heterocycles. The lowest BCUT2D eigenvalue weighted by Crippen LogP contribution is -2.45. The summed E-state index contributed by atoms with van der Waals surface area (Å²) in [6, 6.07) is 9.66. The first-order chi connectivity index (χ1) is 9.88. The molecule has 1 aliphatic rings. The van der Waals surface area contributed by atoms with Gasteiger partial charge in [0, 0.05) is 43.9 Å². The van der Waals surface area contributed by atoms with E-state index in [2.05, 4.69) is 46.4 Å². The standard InChI is InChI=1S/C17H25N3.2ClH/c1-2-3-4-17(20-11-9-18-10-12-20)15-5-6-16-14(13-15)7-8-19-16;;/h5-8,13,17-19H,2-4,9-12H2,1H3;2*1H/t17-;;/m0../s1. The molecule has 22 heavy (non-hydrogen) atoms. The van der Waals surface area contributed by atoms with Gasteiger partial charge < -0.3 is 10.3 Å². The van der Waals surface area contributed by atoms with Crippen LogP contribution in [-0.4, -0.2) is 36.1 Å². The van der Waals surface area contributed by atoms with Crippen molar-refractivity contribution in [3.05, 3.63) is 36.0 Å². The molecular weight excluding hydrogens is 317 g/mol. The minimum absolute atomic E-state index is 0. The van der Waals surface area contributed by atoms with Crippen LogP contribution in [0.2, 0.25) is 0 Å². The number of benzene rings is 1. The summed E-state index contributed by atoms with van der Waals surface area (Å²) < 4.78 is 0. The first-order valence-electron chi connectivity index (χ1n) is 7.90. The number of hydrogen-bond acceptors (Lipinski definition) is 2. The van der Waals surface area contributed by atoms with Crippen LogP contribution in [0.4, 0.5) is 0 Å². The highest BCUT2D eigenvalue weighted by molar-refractivity contribution is 5.85. The zero-order valence-corrected chi connectivity index (χ0v) is 14.8. The number of unbranched alkanes of at least 4 members (excludes halogenated alkanes) is 1. The topological polar surface area (TPSA) is 31.1 Å². The van der Waals surface area contributed by atoms with E-state index in [4.69, 9.17) is 0 Å². The molecule has 3 rings (SSSR count). The van der Waals surface area contributed by atoms with Gasteiger partial charge in [-0.2, -0.15) is 0 Å². The Morgan fingerprint density at radius 3 is 2.64 bits per heavy atom. The van der Waals surface area contributed by atoms with Gasteiger partial charge in [0.25, 0.3) is 0 Å². The SMILES string of the molecule is CCCC[C@@H](c1ccc2[nH]ccc2c1)N1CCNCC1.Cl.Cl. The van der Waals surface area contributed by atoms with E-state index in [0.29, 0.717) is 6.04 Å². The van der Waals surface area contributed by atoms with Crippen LogP contribution in [0.1, 0.15) is 37.8 Å². The summed E-state index contributed by atoms with van der Waals surface area (Å²) in [6.45, 7) is 6.85. The number of aromatic nitrogens is 1. The fraction of sp³-hybridized carbons (Fsp3) is 0.529. The number of piperazine rings is 1. The molecule has 1 fully saturated rings. The Kier molecular flexibility index (Phi) is 8.26. The maximum Gasteiger partial charge on any atom is 0.0454 e. The number of nitrogens with zero attached hydrogens (tertiary/aromatic N) is 1. The predicted molar refractivity (Wildman–Crippen MR) is 99.5 cm³/mol. The van der Waals surface area contributed by atoms with E-state index in [1.165, 1.54) is 48.8 Å². The predicted octanol–water partition coefficient (Wildman–Crippen LogP) is 4.15. The van der Waals surface area contributed by atoms with Crippen LogP contribution in [-0.2, 0) is 0 Å². The Hall–Kier alpha value is -0.740. The first kappa shape index (κ1) is 19.3. The summed E-state index contributed by atoms with van der Waals surface area (Å²) in [4.78, 5) is 5.94. The summed E-state index contributed by atoms with van der Waals surface area (Å²) in [5.41, 5.74) is 2.72. The zero-order valence-electron chi connectivity index (χ0n) is 13.2. The third-order valence-electron chi connectivity index (χ3n) is 4.39. The van der Waals surface area contributed by atoms with Gasteiger partial charge in [0.1, 0.15) is 0 Å². The number of halogens is 2. The molecule has 0 saturated carbocycles. The van der Waals surface area contributed by atoms with Gasteiger partial charge in [-0.25, -0.2) is 0 Å². The molecule has 0 amide bonds. The van der Waals surface area contributed by atoms with E-state index >= 15 is 0 Å². The lowest BCUT2D eigenvalue weighted by atomic mass is 9.97. The Morgan fingerprint density at radius 2 is 1.91 bits per heavy atom. The molecule has 3 nitrogen and oxygen atoms in total. The Balaban J connectivity index is 0.00000121. The highest BCUT2D eigenvalue weighted by Gasteiger charge is 2.21. The van der Waals surface area contributed by atoms with Gasteiger partial charge in [0.15, 0.2) is 0 Å². The minimum atomic E-state index is 0. The highest BCUT2D eigenvalue weighted by Crippen LogP contribution is 2.29. The molecule has 0 spiro atoms. The van der Waals surface area contributed by atoms with E-state index < -0.39 is 0 Å². The molecule has 1 aliphatic heterocycles. The smallest absolute Gasteiger partial charge is 0.0454 e. The number of H-pyrrole nitrogens is 1. The van der Waals surface area contributed by atoms with Gasteiger partial charge >= 0.3 is 0 Å². The van der Waals surface area contributed by atoms with Crippen molar-refractivity contribution in [3.63, 3.8) is 0 Å². The molecule has 124 valence electrons. The molecule has 0 bridgehead atoms. The molecule has 1 atom stereocenters. The highest BCUT2D eigenvalue weighted by atomic mass is 35.5. The van der Waals surface area contributed by atoms with Crippen molar-refractivity contribution in [2.24, 2.45) is 0 Å². The van der Waals surface area contributed by atoms with Gasteiger partial charge in [0.2, 0.25) is 0 Å². The normalized spacial score (nSPS) is 16.8. The Bertz CT molecular complexity index is 550. The maximum absolute atomic E-state index is 3.46. The van der Waals surface area contributed by atoms with Crippen LogP contribution in [0.25, 0.3) is 10.9 Å². The van der Waals surface area contributed by atoms with Crippen molar-refractivity contribution in [2.75, 3.05) is 26.2 Å². The average Bonchev–Trinajstić information content (AvgIpc) is 2.96. The van der Waals surface area contributed by atoms with E-state index in [-0.39, 0.29) is 24.8 Å². The molecule has 0 unspecified atom stereocenters. The van der Waals surface area contributed by atoms with E-state index in [1.807, 2.05) is 6.20 Å². The van der Waals surface area contributed by atoms with Crippen molar-refractivity contribution in [2.45, 2.75) is 32.2 Å². The number of nitrogens with one attached hydrogen (secondary N) is 2. The molecule has 1 aromatic carbocycles. The number of fused-ring (bicyclic) bond motifs is 1. The third-order valence-corrected chi connectivity index (χ3v) is 4.39. The van der Waals surface area contributed by atoms with Crippen molar-refractivity contribution >= 4 is 35.7 Å². The lowest BCUT2D eigenvalue weighted by Gasteiger charge is -2.35. The summed E-state index contributed by atoms with van der Waals surface area (Å²) in [6.07, 6.45) is 5.88. The van der Waals surface area contributed by atoms with Gasteiger partial charge in [-0.15, -0.1) is 24.8 Å². The van der Waals surface area contributed by atoms with Crippen LogP contribution in [0.5, 0.6) is 0 Å². The molecule has 2 N–H and O–H groups in total. The fourth-order valence-electron chi connectivity index (χ4n) is 3.23. The summed E-state index contributed by atoms with van der Waals surface area (Å²) in [5.74, 6) is 0. The lowest BCUT2D eigenvalue weighted by molar-refractivity contribution is 0.163. The molecule has 2 heterocycles. The van der Waals surface area contributed by atoms with Gasteiger partial charge in [-0.3, -0.25) is 4.90 Å². The largest absolute Gasteiger partial charge is 0.361 e. The average molecular weight is 344 g/mol. The van der Waals surface area contributed by atoms with E-state index in [1.54, 1.807) is 0 Å². The fourth-order valence-corrected chi connectivity index (χ4v) is 3.23. The van der Waals surface area contributed by atoms with Crippen LogP contribution >= 0.6 is 24.8 Å². The second-order valence-electron chi connectivity index (χ2n) is 5.77. The van der Waals surface area contributed by atoms with Crippen LogP contribution in [0.15, 0.2) is 30.5 Å². The van der Waals surface area contributed by atoms with Crippen LogP contribution < -0.4 is 5.32 Å². The van der Waals surface area contributed by atoms with Gasteiger partial charge in [0.05, 0.1) is 0 Å². The zero-order chi connectivity index (χ0) is 13.8. The molecule has 1 aromatic heterocycles. The van der Waals surface area contributed by atoms with Crippen molar-refractivity contribution < 1.29 is 0 Å². The number of aromatic amines is 1. The Morgan fingerprint density at radius 1 is 1.14 bits per heavy atom. The summed E-state index contributed by atoms with van der Waals surface area (Å²) in [5, 5.41) is 4.79. The minimum Gasteiger partial charge on any atom is -0.361 e. The van der Waals surface area contributed by atoms with Crippen molar-refractivity contribution in [1.82, 2.24) is 15.2 Å². The van der Waals surface area contributed by atoms with Gasteiger partial charge in [-0.05, 0) is 35.6 Å². The Labute approximate surface area is 145 Å². The van der Waals surface area contributed by atoms with E-state index in [0.717, 1.165) is 13.1 Å². The van der Waals surface area contributed by atoms with Gasteiger partial charge in [-0.1, -0.05) is 25.8 Å². The summed E-state index contributed by atoms with van der Waals surface area (Å²) in [7, 11) is 0. The second kappa shape index (κ2) is 9.41. The monoisotopic (exact) mass is 343 g/mol. The molecule has 0 radical (unpaired) electrons. The molecular formula is C17H27Cl2N3. The number of hydrogen-bond donors (Lipinski definition) is 2.